The first-order chi connectivity index (χ1) is 4.11. The zero-order valence-electron chi connectivity index (χ0n) is 4.40. The van der Waals surface area contributed by atoms with Crippen molar-refractivity contribution >= 4 is 0 Å². The minimum Gasteiger partial charge on any atom is -0.358 e. The fourth-order valence-electron chi connectivity index (χ4n) is 0.523. The Hall–Kier alpha value is -0.290. The molecule has 53 valence electrons. The average molecular weight is 140 g/mol. The van der Waals surface area contributed by atoms with E-state index >= 15 is 0 Å². The van der Waals surface area contributed by atoms with Crippen molar-refractivity contribution in [3.05, 3.63) is 6.61 Å². The maximum atomic E-state index is 11.6. The molecule has 0 aliphatic carbocycles. The number of nitrogens with one attached hydrogen (secondary N) is 1. The highest BCUT2D eigenvalue weighted by molar-refractivity contribution is 4.85. The second-order valence-corrected chi connectivity index (χ2v) is 1.67. The van der Waals surface area contributed by atoms with Crippen LogP contribution in [-0.2, 0) is 4.74 Å². The molecule has 0 spiro atoms. The van der Waals surface area contributed by atoms with Gasteiger partial charge in [-0.05, 0) is 0 Å². The van der Waals surface area contributed by atoms with Crippen LogP contribution in [0, 0.1) is 6.61 Å². The van der Waals surface area contributed by atoms with E-state index in [1.807, 2.05) is 0 Å². The van der Waals surface area contributed by atoms with Gasteiger partial charge in [0.25, 0.3) is 0 Å². The van der Waals surface area contributed by atoms with E-state index in [0.717, 1.165) is 6.61 Å². The van der Waals surface area contributed by atoms with Crippen molar-refractivity contribution in [3.63, 3.8) is 0 Å². The zero-order valence-corrected chi connectivity index (χ0v) is 4.40. The lowest BCUT2D eigenvalue weighted by molar-refractivity contribution is -0.145. The Morgan fingerprint density at radius 2 is 2.22 bits per heavy atom. The fraction of sp³-hybridized carbons (Fsp3) is 0.750. The van der Waals surface area contributed by atoms with Gasteiger partial charge in [0.2, 0.25) is 0 Å². The molecule has 1 rings (SSSR count). The van der Waals surface area contributed by atoms with E-state index < -0.39 is 12.2 Å². The van der Waals surface area contributed by atoms with E-state index in [1.165, 1.54) is 0 Å². The molecule has 1 aliphatic heterocycles. The van der Waals surface area contributed by atoms with Crippen LogP contribution >= 0.6 is 0 Å². The minimum absolute atomic E-state index is 0.0514. The van der Waals surface area contributed by atoms with Crippen LogP contribution in [0.4, 0.5) is 13.2 Å². The fourth-order valence-corrected chi connectivity index (χ4v) is 0.523. The van der Waals surface area contributed by atoms with Crippen LogP contribution in [0.5, 0.6) is 0 Å². The molecule has 1 radical (unpaired) electrons. The van der Waals surface area contributed by atoms with Gasteiger partial charge in [0.15, 0.2) is 0 Å². The lowest BCUT2D eigenvalue weighted by Crippen LogP contribution is -2.37. The van der Waals surface area contributed by atoms with Crippen molar-refractivity contribution < 1.29 is 17.9 Å². The van der Waals surface area contributed by atoms with E-state index in [-0.39, 0.29) is 6.73 Å². The summed E-state index contributed by atoms with van der Waals surface area (Å²) in [5, 5.41) is 2.09. The van der Waals surface area contributed by atoms with Gasteiger partial charge in [0.05, 0.1) is 6.73 Å². The molecule has 2 nitrogen and oxygen atoms in total. The summed E-state index contributed by atoms with van der Waals surface area (Å²) in [5.41, 5.74) is 0. The monoisotopic (exact) mass is 140 g/mol. The molecule has 0 bridgehead atoms. The molecule has 5 heteroatoms. The van der Waals surface area contributed by atoms with Crippen LogP contribution in [0.1, 0.15) is 0 Å². The van der Waals surface area contributed by atoms with E-state index in [2.05, 4.69) is 10.1 Å². The van der Waals surface area contributed by atoms with E-state index in [0.29, 0.717) is 0 Å². The van der Waals surface area contributed by atoms with Gasteiger partial charge >= 0.3 is 6.18 Å². The summed E-state index contributed by atoms with van der Waals surface area (Å²) in [5.74, 6) is 0. The third kappa shape index (κ3) is 1.56. The van der Waals surface area contributed by atoms with E-state index in [4.69, 9.17) is 0 Å². The number of halogens is 3. The maximum Gasteiger partial charge on any atom is 0.406 e. The largest absolute Gasteiger partial charge is 0.406 e. The maximum absolute atomic E-state index is 11.6. The molecule has 0 aromatic rings. The smallest absolute Gasteiger partial charge is 0.358 e. The second kappa shape index (κ2) is 2.15. The first-order valence-corrected chi connectivity index (χ1v) is 2.36. The molecular formula is C4H5F3NO. The Balaban J connectivity index is 2.42. The highest BCUT2D eigenvalue weighted by atomic mass is 19.4. The van der Waals surface area contributed by atoms with Crippen LogP contribution in [-0.4, -0.2) is 18.9 Å². The molecule has 0 aromatic heterocycles. The third-order valence-electron chi connectivity index (χ3n) is 0.972. The standard InChI is InChI=1S/C4H5F3NO/c5-4(6,7)3-1-9-2-8-3/h1,3,8H,2H2. The predicted octanol–water partition coefficient (Wildman–Crippen LogP) is 0.656. The topological polar surface area (TPSA) is 21.3 Å². The summed E-state index contributed by atoms with van der Waals surface area (Å²) < 4.78 is 39.1. The summed E-state index contributed by atoms with van der Waals surface area (Å²) in [6.45, 7) is 0.699. The molecule has 1 heterocycles. The summed E-state index contributed by atoms with van der Waals surface area (Å²) in [6.07, 6.45) is -4.21. The molecule has 0 aromatic carbocycles. The molecule has 1 fully saturated rings. The first kappa shape index (κ1) is 6.82. The zero-order chi connectivity index (χ0) is 6.91. The Morgan fingerprint density at radius 1 is 1.56 bits per heavy atom. The van der Waals surface area contributed by atoms with Gasteiger partial charge in [-0.1, -0.05) is 0 Å². The number of alkyl halides is 3. The van der Waals surface area contributed by atoms with Crippen molar-refractivity contribution in [2.24, 2.45) is 0 Å². The summed E-state index contributed by atoms with van der Waals surface area (Å²) in [4.78, 5) is 0. The van der Waals surface area contributed by atoms with Crippen molar-refractivity contribution in [1.82, 2.24) is 5.32 Å². The Labute approximate surface area is 50.0 Å². The third-order valence-corrected chi connectivity index (χ3v) is 0.972. The second-order valence-electron chi connectivity index (χ2n) is 1.67. The van der Waals surface area contributed by atoms with E-state index in [9.17, 15) is 13.2 Å². The molecule has 0 saturated carbocycles. The van der Waals surface area contributed by atoms with Gasteiger partial charge in [-0.25, -0.2) is 0 Å². The van der Waals surface area contributed by atoms with Gasteiger partial charge in [-0.15, -0.1) is 0 Å². The number of hydrogen-bond donors (Lipinski definition) is 1. The van der Waals surface area contributed by atoms with Crippen LogP contribution in [0.2, 0.25) is 0 Å². The molecule has 0 amide bonds. The highest BCUT2D eigenvalue weighted by Crippen LogP contribution is 2.24. The van der Waals surface area contributed by atoms with Gasteiger partial charge in [0.1, 0.15) is 12.6 Å². The van der Waals surface area contributed by atoms with Crippen molar-refractivity contribution in [1.29, 1.82) is 0 Å². The Kier molecular flexibility index (Phi) is 1.63. The lowest BCUT2D eigenvalue weighted by Gasteiger charge is -2.10. The van der Waals surface area contributed by atoms with Crippen LogP contribution in [0.3, 0.4) is 0 Å². The Morgan fingerprint density at radius 3 is 2.44 bits per heavy atom. The van der Waals surface area contributed by atoms with Crippen LogP contribution in [0.25, 0.3) is 0 Å². The molecule has 1 aliphatic rings. The van der Waals surface area contributed by atoms with Crippen molar-refractivity contribution in [2.75, 3.05) is 6.73 Å². The molecule has 1 unspecified atom stereocenters. The minimum atomic E-state index is -4.21. The van der Waals surface area contributed by atoms with Crippen molar-refractivity contribution in [3.8, 4) is 0 Å². The van der Waals surface area contributed by atoms with Gasteiger partial charge in [0, 0.05) is 0 Å². The molecular weight excluding hydrogens is 135 g/mol. The highest BCUT2D eigenvalue weighted by Gasteiger charge is 2.42. The molecule has 1 atom stereocenters. The number of hydrogen-bond acceptors (Lipinski definition) is 2. The van der Waals surface area contributed by atoms with Crippen molar-refractivity contribution in [2.45, 2.75) is 12.2 Å². The number of rotatable bonds is 0. The van der Waals surface area contributed by atoms with Crippen LogP contribution in [0.15, 0.2) is 0 Å². The normalized spacial score (nSPS) is 29.0. The average Bonchev–Trinajstić information content (AvgIpc) is 2.08. The Bertz CT molecular complexity index is 96.5. The molecule has 9 heavy (non-hydrogen) atoms. The van der Waals surface area contributed by atoms with Gasteiger partial charge < -0.3 is 4.74 Å². The van der Waals surface area contributed by atoms with Gasteiger partial charge in [-0.3, -0.25) is 5.32 Å². The quantitative estimate of drug-likeness (QED) is 0.533. The summed E-state index contributed by atoms with van der Waals surface area (Å²) in [7, 11) is 0. The predicted molar refractivity (Wildman–Crippen MR) is 23.2 cm³/mol. The molecule has 1 N–H and O–H groups in total. The summed E-state index contributed by atoms with van der Waals surface area (Å²) >= 11 is 0. The number of ether oxygens (including phenoxy) is 1. The van der Waals surface area contributed by atoms with Gasteiger partial charge in [-0.2, -0.15) is 13.2 Å². The lowest BCUT2D eigenvalue weighted by atomic mass is 10.3. The van der Waals surface area contributed by atoms with Crippen LogP contribution < -0.4 is 5.32 Å². The molecule has 1 saturated heterocycles. The first-order valence-electron chi connectivity index (χ1n) is 2.36. The SMILES string of the molecule is FC(F)(F)C1[CH]OCN1. The summed E-state index contributed by atoms with van der Waals surface area (Å²) in [6, 6.07) is -1.59. The van der Waals surface area contributed by atoms with E-state index in [1.54, 1.807) is 0 Å².